The number of hydrogen-bond donors (Lipinski definition) is 0. The molecule has 0 radical (unpaired) electrons. The molecule has 0 aliphatic carbocycles. The summed E-state index contributed by atoms with van der Waals surface area (Å²) in [5.41, 5.74) is 2.01. The first kappa shape index (κ1) is 18.4. The summed E-state index contributed by atoms with van der Waals surface area (Å²) in [4.78, 5) is 17.2. The van der Waals surface area contributed by atoms with Gasteiger partial charge < -0.3 is 9.64 Å². The van der Waals surface area contributed by atoms with Crippen LogP contribution in [0.4, 0.5) is 0 Å². The molecule has 0 atom stereocenters. The van der Waals surface area contributed by atoms with E-state index in [9.17, 15) is 10.1 Å². The summed E-state index contributed by atoms with van der Waals surface area (Å²) >= 11 is 5.91. The fourth-order valence-corrected chi connectivity index (χ4v) is 2.52. The third-order valence-corrected chi connectivity index (χ3v) is 4.11. The van der Waals surface area contributed by atoms with Crippen LogP contribution in [0, 0.1) is 11.3 Å². The van der Waals surface area contributed by atoms with Gasteiger partial charge in [0.1, 0.15) is 29.7 Å². The predicted octanol–water partition coefficient (Wildman–Crippen LogP) is 3.35. The van der Waals surface area contributed by atoms with Crippen LogP contribution in [0.3, 0.4) is 0 Å². The lowest BCUT2D eigenvalue weighted by Gasteiger charge is -2.09. The Kier molecular flexibility index (Phi) is 5.38. The van der Waals surface area contributed by atoms with Crippen LogP contribution in [0.2, 0.25) is 5.15 Å². The largest absolute Gasteiger partial charge is 0.456 e. The summed E-state index contributed by atoms with van der Waals surface area (Å²) in [6.07, 6.45) is 5.00. The first-order valence-corrected chi connectivity index (χ1v) is 8.41. The van der Waals surface area contributed by atoms with Gasteiger partial charge in [0.2, 0.25) is 5.91 Å². The fourth-order valence-electron chi connectivity index (χ4n) is 2.33. The normalized spacial score (nSPS) is 10.3. The molecule has 0 N–H and O–H groups in total. The number of halogens is 1. The van der Waals surface area contributed by atoms with Gasteiger partial charge in [-0.15, -0.1) is 0 Å². The Labute approximate surface area is 161 Å². The van der Waals surface area contributed by atoms with Crippen molar-refractivity contribution in [2.75, 3.05) is 14.1 Å². The Hall–Kier alpha value is -3.37. The Bertz CT molecular complexity index is 1010. The van der Waals surface area contributed by atoms with Gasteiger partial charge in [0.15, 0.2) is 5.15 Å². The molecule has 3 rings (SSSR count). The summed E-state index contributed by atoms with van der Waals surface area (Å²) in [6.45, 7) is 0.188. The van der Waals surface area contributed by atoms with Crippen molar-refractivity contribution in [1.29, 1.82) is 5.26 Å². The molecule has 0 saturated heterocycles. The first-order chi connectivity index (χ1) is 13.0. The lowest BCUT2D eigenvalue weighted by Crippen LogP contribution is -2.26. The summed E-state index contributed by atoms with van der Waals surface area (Å²) in [6, 6.07) is 10.9. The molecular formula is C19H16ClN5O2. The van der Waals surface area contributed by atoms with E-state index in [4.69, 9.17) is 16.3 Å². The second kappa shape index (κ2) is 7.89. The van der Waals surface area contributed by atoms with Crippen molar-refractivity contribution in [2.24, 2.45) is 0 Å². The minimum absolute atomic E-state index is 0.0299. The highest BCUT2D eigenvalue weighted by molar-refractivity contribution is 6.30. The highest BCUT2D eigenvalue weighted by Gasteiger charge is 2.11. The van der Waals surface area contributed by atoms with Gasteiger partial charge in [0.05, 0.1) is 6.20 Å². The molecule has 7 nitrogen and oxygen atoms in total. The van der Waals surface area contributed by atoms with Crippen LogP contribution >= 0.6 is 11.6 Å². The Morgan fingerprint density at radius 2 is 2.00 bits per heavy atom. The molecule has 0 unspecified atom stereocenters. The van der Waals surface area contributed by atoms with Gasteiger partial charge in [-0.25, -0.2) is 4.98 Å². The lowest BCUT2D eigenvalue weighted by atomic mass is 10.1. The van der Waals surface area contributed by atoms with Crippen LogP contribution in [-0.2, 0) is 11.3 Å². The number of pyridine rings is 1. The van der Waals surface area contributed by atoms with E-state index in [0.717, 1.165) is 11.1 Å². The van der Waals surface area contributed by atoms with E-state index in [2.05, 4.69) is 10.1 Å². The topological polar surface area (TPSA) is 84.0 Å². The van der Waals surface area contributed by atoms with Crippen molar-refractivity contribution in [1.82, 2.24) is 19.7 Å². The SMILES string of the molecule is CN(C)C(=O)Cn1cc(-c2ccc(Oc3ccnc(Cl)c3C#N)cc2)cn1. The van der Waals surface area contributed by atoms with Crippen molar-refractivity contribution >= 4 is 17.5 Å². The molecule has 0 saturated carbocycles. The van der Waals surface area contributed by atoms with Crippen LogP contribution in [0.1, 0.15) is 5.56 Å². The summed E-state index contributed by atoms with van der Waals surface area (Å²) in [5, 5.41) is 13.5. The maximum absolute atomic E-state index is 11.8. The van der Waals surface area contributed by atoms with Crippen molar-refractivity contribution in [3.05, 3.63) is 59.6 Å². The number of amides is 1. The van der Waals surface area contributed by atoms with Gasteiger partial charge in [-0.05, 0) is 17.7 Å². The zero-order valence-corrected chi connectivity index (χ0v) is 15.5. The smallest absolute Gasteiger partial charge is 0.243 e. The van der Waals surface area contributed by atoms with Gasteiger partial charge >= 0.3 is 0 Å². The number of nitrogens with zero attached hydrogens (tertiary/aromatic N) is 5. The number of likely N-dealkylation sites (N-methyl/N-ethyl adjacent to an activating group) is 1. The number of carbonyl (C=O) groups is 1. The Morgan fingerprint density at radius 1 is 1.26 bits per heavy atom. The monoisotopic (exact) mass is 381 g/mol. The van der Waals surface area contributed by atoms with E-state index >= 15 is 0 Å². The molecule has 1 amide bonds. The highest BCUT2D eigenvalue weighted by Crippen LogP contribution is 2.29. The van der Waals surface area contributed by atoms with E-state index in [0.29, 0.717) is 11.5 Å². The average molecular weight is 382 g/mol. The van der Waals surface area contributed by atoms with Crippen molar-refractivity contribution in [3.8, 4) is 28.7 Å². The van der Waals surface area contributed by atoms with Gasteiger partial charge in [0.25, 0.3) is 0 Å². The number of carbonyl (C=O) groups excluding carboxylic acids is 1. The Morgan fingerprint density at radius 3 is 2.67 bits per heavy atom. The van der Waals surface area contributed by atoms with Crippen LogP contribution in [0.25, 0.3) is 11.1 Å². The predicted molar refractivity (Wildman–Crippen MR) is 100 cm³/mol. The molecule has 3 aromatic rings. The first-order valence-electron chi connectivity index (χ1n) is 8.03. The van der Waals surface area contributed by atoms with Gasteiger partial charge in [-0.2, -0.15) is 10.4 Å². The second-order valence-electron chi connectivity index (χ2n) is 5.93. The highest BCUT2D eigenvalue weighted by atomic mass is 35.5. The van der Waals surface area contributed by atoms with E-state index in [1.54, 1.807) is 43.2 Å². The molecule has 0 bridgehead atoms. The second-order valence-corrected chi connectivity index (χ2v) is 6.29. The lowest BCUT2D eigenvalue weighted by molar-refractivity contribution is -0.129. The molecule has 136 valence electrons. The number of rotatable bonds is 5. The third kappa shape index (κ3) is 4.25. The summed E-state index contributed by atoms with van der Waals surface area (Å²) in [7, 11) is 3.42. The molecule has 27 heavy (non-hydrogen) atoms. The zero-order valence-electron chi connectivity index (χ0n) is 14.8. The molecule has 0 aliphatic rings. The molecule has 2 aromatic heterocycles. The van der Waals surface area contributed by atoms with Crippen molar-refractivity contribution < 1.29 is 9.53 Å². The van der Waals surface area contributed by atoms with Crippen molar-refractivity contribution in [2.45, 2.75) is 6.54 Å². The summed E-state index contributed by atoms with van der Waals surface area (Å²) in [5.74, 6) is 0.880. The third-order valence-electron chi connectivity index (χ3n) is 3.82. The van der Waals surface area contributed by atoms with E-state index in [1.165, 1.54) is 11.1 Å². The minimum atomic E-state index is -0.0299. The van der Waals surface area contributed by atoms with Crippen LogP contribution < -0.4 is 4.74 Å². The molecule has 8 heteroatoms. The zero-order chi connectivity index (χ0) is 19.4. The maximum Gasteiger partial charge on any atom is 0.243 e. The number of nitriles is 1. The van der Waals surface area contributed by atoms with Crippen LogP contribution in [0.5, 0.6) is 11.5 Å². The summed E-state index contributed by atoms with van der Waals surface area (Å²) < 4.78 is 7.34. The minimum Gasteiger partial charge on any atom is -0.456 e. The maximum atomic E-state index is 11.8. The molecule has 1 aromatic carbocycles. The van der Waals surface area contributed by atoms with Gasteiger partial charge in [0, 0.05) is 38.1 Å². The van der Waals surface area contributed by atoms with E-state index in [-0.39, 0.29) is 23.2 Å². The number of hydrogen-bond acceptors (Lipinski definition) is 5. The van der Waals surface area contributed by atoms with E-state index < -0.39 is 0 Å². The molecular weight excluding hydrogens is 366 g/mol. The van der Waals surface area contributed by atoms with Gasteiger partial charge in [-0.3, -0.25) is 9.48 Å². The van der Waals surface area contributed by atoms with Crippen LogP contribution in [0.15, 0.2) is 48.9 Å². The molecule has 2 heterocycles. The molecule has 0 aliphatic heterocycles. The van der Waals surface area contributed by atoms with Crippen LogP contribution in [-0.4, -0.2) is 39.7 Å². The van der Waals surface area contributed by atoms with Gasteiger partial charge in [-0.1, -0.05) is 23.7 Å². The van der Waals surface area contributed by atoms with Crippen molar-refractivity contribution in [3.63, 3.8) is 0 Å². The quantitative estimate of drug-likeness (QED) is 0.633. The van der Waals surface area contributed by atoms with E-state index in [1.807, 2.05) is 24.4 Å². The Balaban J connectivity index is 1.75. The number of benzene rings is 1. The molecule has 0 fully saturated rings. The standard InChI is InChI=1S/C19H16ClN5O2/c1-24(2)18(26)12-25-11-14(10-23-25)13-3-5-15(6-4-13)27-17-7-8-22-19(20)16(17)9-21/h3-8,10-11H,12H2,1-2H3. The average Bonchev–Trinajstić information content (AvgIpc) is 3.11. The molecule has 0 spiro atoms. The number of ether oxygens (including phenoxy) is 1. The fraction of sp³-hybridized carbons (Fsp3) is 0.158. The number of aromatic nitrogens is 3.